The number of rotatable bonds is 2. The van der Waals surface area contributed by atoms with Crippen molar-refractivity contribution in [1.29, 1.82) is 0 Å². The van der Waals surface area contributed by atoms with Crippen LogP contribution in [0.3, 0.4) is 0 Å². The first-order valence-electron chi connectivity index (χ1n) is 6.92. The monoisotopic (exact) mass is 321 g/mol. The molecule has 1 fully saturated rings. The highest BCUT2D eigenvalue weighted by atomic mass is 35.5. The smallest absolute Gasteiger partial charge is 0.269 e. The summed E-state index contributed by atoms with van der Waals surface area (Å²) in [4.78, 5) is 11.9. The minimum atomic E-state index is -0.247. The fraction of sp³-hybridized carbons (Fsp3) is 0.333. The Balaban J connectivity index is 1.46. The van der Waals surface area contributed by atoms with Gasteiger partial charge in [-0.15, -0.1) is 0 Å². The number of hydrogen-bond acceptors (Lipinski definition) is 2. The molecule has 0 saturated heterocycles. The number of carbonyl (C=O) groups excluding carboxylic acids is 1. The van der Waals surface area contributed by atoms with Crippen LogP contribution < -0.4 is 16.2 Å². The number of hydrazine groups is 1. The van der Waals surface area contributed by atoms with Gasteiger partial charge in [0.05, 0.1) is 0 Å². The van der Waals surface area contributed by atoms with Crippen molar-refractivity contribution in [2.24, 2.45) is 11.8 Å². The third-order valence-corrected chi connectivity index (χ3v) is 4.46. The number of thiocarbonyl (C=S) groups is 1. The lowest BCUT2D eigenvalue weighted by molar-refractivity contribution is 0.0943. The van der Waals surface area contributed by atoms with Gasteiger partial charge in [0.2, 0.25) is 0 Å². The van der Waals surface area contributed by atoms with Crippen LogP contribution in [0.25, 0.3) is 0 Å². The maximum atomic E-state index is 11.9. The van der Waals surface area contributed by atoms with E-state index >= 15 is 0 Å². The number of halogens is 1. The number of amides is 1. The molecule has 2 bridgehead atoms. The average Bonchev–Trinajstić information content (AvgIpc) is 3.08. The first kappa shape index (κ1) is 14.4. The second-order valence-corrected chi connectivity index (χ2v) is 6.29. The number of benzene rings is 1. The summed E-state index contributed by atoms with van der Waals surface area (Å²) in [6, 6.07) is 7.04. The van der Waals surface area contributed by atoms with E-state index in [0.29, 0.717) is 33.6 Å². The van der Waals surface area contributed by atoms with Crippen molar-refractivity contribution in [3.63, 3.8) is 0 Å². The largest absolute Gasteiger partial charge is 0.358 e. The van der Waals surface area contributed by atoms with Crippen molar-refractivity contribution >= 4 is 34.8 Å². The Morgan fingerprint density at radius 2 is 1.90 bits per heavy atom. The van der Waals surface area contributed by atoms with E-state index in [9.17, 15) is 4.79 Å². The van der Waals surface area contributed by atoms with Gasteiger partial charge in [0, 0.05) is 16.6 Å². The van der Waals surface area contributed by atoms with Crippen LogP contribution in [0.5, 0.6) is 0 Å². The third kappa shape index (κ3) is 3.36. The molecule has 110 valence electrons. The van der Waals surface area contributed by atoms with E-state index in [1.54, 1.807) is 24.3 Å². The van der Waals surface area contributed by atoms with Crippen LogP contribution in [-0.4, -0.2) is 17.1 Å². The summed E-state index contributed by atoms with van der Waals surface area (Å²) in [5.41, 5.74) is 5.85. The normalized spacial score (nSPS) is 25.7. The van der Waals surface area contributed by atoms with E-state index < -0.39 is 0 Å². The Morgan fingerprint density at radius 3 is 2.52 bits per heavy atom. The van der Waals surface area contributed by atoms with Gasteiger partial charge in [0.25, 0.3) is 5.91 Å². The van der Waals surface area contributed by atoms with E-state index in [0.717, 1.165) is 6.42 Å². The Kier molecular flexibility index (Phi) is 4.12. The lowest BCUT2D eigenvalue weighted by Gasteiger charge is -2.22. The van der Waals surface area contributed by atoms with Gasteiger partial charge in [-0.25, -0.2) is 0 Å². The van der Waals surface area contributed by atoms with E-state index in [-0.39, 0.29) is 5.91 Å². The molecule has 0 aromatic heterocycles. The molecule has 3 unspecified atom stereocenters. The molecule has 1 aromatic carbocycles. The molecule has 0 radical (unpaired) electrons. The lowest BCUT2D eigenvalue weighted by atomic mass is 10.0. The molecule has 2 aliphatic carbocycles. The molecular formula is C15H16ClN3OS. The Morgan fingerprint density at radius 1 is 1.14 bits per heavy atom. The summed E-state index contributed by atoms with van der Waals surface area (Å²) in [5, 5.41) is 4.31. The second-order valence-electron chi connectivity index (χ2n) is 5.45. The minimum Gasteiger partial charge on any atom is -0.358 e. The van der Waals surface area contributed by atoms with Crippen LogP contribution in [0.1, 0.15) is 23.2 Å². The molecule has 2 aliphatic rings. The summed E-state index contributed by atoms with van der Waals surface area (Å²) < 4.78 is 0. The fourth-order valence-corrected chi connectivity index (χ4v) is 3.27. The highest BCUT2D eigenvalue weighted by Crippen LogP contribution is 2.38. The molecule has 3 rings (SSSR count). The highest BCUT2D eigenvalue weighted by molar-refractivity contribution is 7.80. The van der Waals surface area contributed by atoms with Gasteiger partial charge < -0.3 is 5.32 Å². The maximum Gasteiger partial charge on any atom is 0.269 e. The van der Waals surface area contributed by atoms with Gasteiger partial charge in [-0.2, -0.15) is 0 Å². The van der Waals surface area contributed by atoms with Crippen molar-refractivity contribution in [1.82, 2.24) is 16.2 Å². The van der Waals surface area contributed by atoms with Gasteiger partial charge >= 0.3 is 0 Å². The second kappa shape index (κ2) is 6.03. The lowest BCUT2D eigenvalue weighted by Crippen LogP contribution is -2.50. The minimum absolute atomic E-state index is 0.247. The zero-order valence-electron chi connectivity index (χ0n) is 11.3. The van der Waals surface area contributed by atoms with Crippen molar-refractivity contribution in [2.75, 3.05) is 0 Å². The van der Waals surface area contributed by atoms with Crippen LogP contribution in [-0.2, 0) is 0 Å². The summed E-state index contributed by atoms with van der Waals surface area (Å²) in [7, 11) is 0. The van der Waals surface area contributed by atoms with E-state index in [2.05, 4.69) is 28.3 Å². The first-order chi connectivity index (χ1) is 10.1. The molecule has 0 aliphatic heterocycles. The van der Waals surface area contributed by atoms with Gasteiger partial charge in [0.15, 0.2) is 5.11 Å². The standard InChI is InChI=1S/C15H16ClN3OS/c16-12-5-3-10(4-6-12)14(20)18-19-15(21)17-13-8-9-1-2-11(13)7-9/h1-6,9,11,13H,7-8H2,(H,18,20)(H2,17,19,21). The average molecular weight is 322 g/mol. The number of nitrogens with one attached hydrogen (secondary N) is 3. The molecular weight excluding hydrogens is 306 g/mol. The molecule has 3 atom stereocenters. The van der Waals surface area contributed by atoms with E-state index in [1.165, 1.54) is 6.42 Å². The van der Waals surface area contributed by atoms with Crippen LogP contribution in [0.2, 0.25) is 5.02 Å². The topological polar surface area (TPSA) is 53.2 Å². The van der Waals surface area contributed by atoms with Gasteiger partial charge in [0.1, 0.15) is 0 Å². The quantitative estimate of drug-likeness (QED) is 0.445. The van der Waals surface area contributed by atoms with Crippen molar-refractivity contribution < 1.29 is 4.79 Å². The summed E-state index contributed by atoms with van der Waals surface area (Å²) >= 11 is 11.0. The van der Waals surface area contributed by atoms with E-state index in [1.807, 2.05) is 0 Å². The zero-order valence-corrected chi connectivity index (χ0v) is 12.9. The molecule has 1 aromatic rings. The van der Waals surface area contributed by atoms with Gasteiger partial charge in [-0.3, -0.25) is 15.6 Å². The molecule has 3 N–H and O–H groups in total. The maximum absolute atomic E-state index is 11.9. The van der Waals surface area contributed by atoms with E-state index in [4.69, 9.17) is 23.8 Å². The fourth-order valence-electron chi connectivity index (χ4n) is 2.94. The highest BCUT2D eigenvalue weighted by Gasteiger charge is 2.35. The molecule has 0 heterocycles. The van der Waals surface area contributed by atoms with Crippen LogP contribution in [0.4, 0.5) is 0 Å². The number of carbonyl (C=O) groups is 1. The molecule has 4 nitrogen and oxygen atoms in total. The number of fused-ring (bicyclic) bond motifs is 2. The van der Waals surface area contributed by atoms with Crippen LogP contribution in [0.15, 0.2) is 36.4 Å². The molecule has 1 amide bonds. The summed E-state index contributed by atoms with van der Waals surface area (Å²) in [6.07, 6.45) is 6.84. The third-order valence-electron chi connectivity index (χ3n) is 3.99. The first-order valence-corrected chi connectivity index (χ1v) is 7.71. The number of allylic oxidation sites excluding steroid dienone is 1. The summed E-state index contributed by atoms with van der Waals surface area (Å²) in [6.45, 7) is 0. The van der Waals surface area contributed by atoms with Crippen molar-refractivity contribution in [3.8, 4) is 0 Å². The van der Waals surface area contributed by atoms with Crippen LogP contribution in [0, 0.1) is 11.8 Å². The Labute approximate surface area is 133 Å². The zero-order chi connectivity index (χ0) is 14.8. The van der Waals surface area contributed by atoms with Crippen molar-refractivity contribution in [3.05, 3.63) is 47.0 Å². The summed E-state index contributed by atoms with van der Waals surface area (Å²) in [5.74, 6) is 0.990. The van der Waals surface area contributed by atoms with Crippen molar-refractivity contribution in [2.45, 2.75) is 18.9 Å². The van der Waals surface area contributed by atoms with Gasteiger partial charge in [-0.1, -0.05) is 23.8 Å². The molecule has 1 saturated carbocycles. The Bertz CT molecular complexity index is 587. The SMILES string of the molecule is O=C(NNC(=S)NC1CC2C=CC1C2)c1ccc(Cl)cc1. The van der Waals surface area contributed by atoms with Gasteiger partial charge in [-0.05, 0) is 61.2 Å². The predicted octanol–water partition coefficient (Wildman–Crippen LogP) is 2.41. The molecule has 21 heavy (non-hydrogen) atoms. The Hall–Kier alpha value is -1.59. The molecule has 6 heteroatoms. The molecule has 0 spiro atoms. The van der Waals surface area contributed by atoms with Crippen LogP contribution >= 0.6 is 23.8 Å². The predicted molar refractivity (Wildman–Crippen MR) is 86.9 cm³/mol. The number of hydrogen-bond donors (Lipinski definition) is 3.